The largest absolute Gasteiger partial charge is 0.468 e. The van der Waals surface area contributed by atoms with Crippen LogP contribution in [0.3, 0.4) is 0 Å². The molecule has 1 atom stereocenters. The van der Waals surface area contributed by atoms with Gasteiger partial charge >= 0.3 is 5.97 Å². The quantitative estimate of drug-likeness (QED) is 0.104. The Morgan fingerprint density at radius 2 is 1.55 bits per heavy atom. The van der Waals surface area contributed by atoms with Gasteiger partial charge in [-0.1, -0.05) is 77.1 Å². The lowest BCUT2D eigenvalue weighted by Gasteiger charge is -2.30. The second kappa shape index (κ2) is 17.3. The number of ketones is 2. The number of hydrogen-bond acceptors (Lipinski definition) is 6. The van der Waals surface area contributed by atoms with Crippen LogP contribution in [0.25, 0.3) is 5.52 Å². The Labute approximate surface area is 263 Å². The molecule has 1 aromatic carbocycles. The molecule has 240 valence electrons. The number of methoxy groups -OCH3 is 1. The average molecular weight is 604 g/mol. The van der Waals surface area contributed by atoms with E-state index < -0.39 is 6.04 Å². The summed E-state index contributed by atoms with van der Waals surface area (Å²) in [6.07, 6.45) is 13.5. The van der Waals surface area contributed by atoms with Crippen molar-refractivity contribution in [2.45, 2.75) is 116 Å². The second-order valence-corrected chi connectivity index (χ2v) is 12.3. The maximum Gasteiger partial charge on any atom is 0.322 e. The Morgan fingerprint density at radius 3 is 2.16 bits per heavy atom. The first kappa shape index (κ1) is 35.2. The number of unbranched alkanes of at least 4 members (excludes halogenated alkanes) is 3. The molecule has 44 heavy (non-hydrogen) atoms. The van der Waals surface area contributed by atoms with E-state index in [2.05, 4.69) is 38.2 Å². The molecule has 0 amide bonds. The lowest BCUT2D eigenvalue weighted by molar-refractivity contribution is -0.142. The van der Waals surface area contributed by atoms with Crippen molar-refractivity contribution < 1.29 is 19.1 Å². The van der Waals surface area contributed by atoms with Crippen LogP contribution in [-0.2, 0) is 22.4 Å². The number of nitrogens with two attached hydrogens (primary N) is 1. The van der Waals surface area contributed by atoms with E-state index in [4.69, 9.17) is 10.5 Å². The summed E-state index contributed by atoms with van der Waals surface area (Å²) in [4.78, 5) is 38.5. The van der Waals surface area contributed by atoms with Crippen molar-refractivity contribution in [3.05, 3.63) is 76.6 Å². The van der Waals surface area contributed by atoms with Crippen LogP contribution in [0.1, 0.15) is 129 Å². The third-order valence-corrected chi connectivity index (χ3v) is 8.73. The van der Waals surface area contributed by atoms with E-state index in [1.54, 1.807) is 13.0 Å². The smallest absolute Gasteiger partial charge is 0.322 e. The summed E-state index contributed by atoms with van der Waals surface area (Å²) in [6.45, 7) is 8.65. The van der Waals surface area contributed by atoms with E-state index in [9.17, 15) is 14.4 Å². The van der Waals surface area contributed by atoms with E-state index in [-0.39, 0.29) is 29.5 Å². The number of rotatable bonds is 20. The van der Waals surface area contributed by atoms with Crippen LogP contribution in [0.4, 0.5) is 0 Å². The third kappa shape index (κ3) is 9.60. The summed E-state index contributed by atoms with van der Waals surface area (Å²) in [5.41, 5.74) is 11.7. The minimum Gasteiger partial charge on any atom is -0.468 e. The highest BCUT2D eigenvalue weighted by Crippen LogP contribution is 2.26. The van der Waals surface area contributed by atoms with Crippen LogP contribution in [0.5, 0.6) is 0 Å². The number of aromatic nitrogens is 1. The van der Waals surface area contributed by atoms with Gasteiger partial charge < -0.3 is 20.2 Å². The summed E-state index contributed by atoms with van der Waals surface area (Å²) in [5.74, 6) is -0.398. The van der Waals surface area contributed by atoms with Crippen LogP contribution < -0.4 is 11.1 Å². The van der Waals surface area contributed by atoms with Crippen LogP contribution in [-0.4, -0.2) is 47.2 Å². The molecule has 0 saturated heterocycles. The van der Waals surface area contributed by atoms with Gasteiger partial charge in [0.15, 0.2) is 5.78 Å². The molecule has 0 fully saturated rings. The summed E-state index contributed by atoms with van der Waals surface area (Å²) >= 11 is 0. The lowest BCUT2D eigenvalue weighted by atomic mass is 9.83. The molecule has 0 spiro atoms. The number of carbonyl (C=O) groups is 3. The number of benzene rings is 1. The van der Waals surface area contributed by atoms with Crippen molar-refractivity contribution in [2.75, 3.05) is 13.7 Å². The number of esters is 1. The molecule has 3 aromatic rings. The number of fused-ring (bicyclic) bond motifs is 1. The number of ether oxygens (including phenoxy) is 1. The summed E-state index contributed by atoms with van der Waals surface area (Å²) in [6, 6.07) is 13.2. The minimum absolute atomic E-state index is 0.0122. The fourth-order valence-corrected chi connectivity index (χ4v) is 5.81. The predicted molar refractivity (Wildman–Crippen MR) is 179 cm³/mol. The van der Waals surface area contributed by atoms with Crippen LogP contribution in [0, 0.1) is 0 Å². The lowest BCUT2D eigenvalue weighted by Crippen LogP contribution is -2.40. The first-order chi connectivity index (χ1) is 21.2. The molecule has 2 aromatic heterocycles. The zero-order valence-corrected chi connectivity index (χ0v) is 27.5. The minimum atomic E-state index is -0.476. The van der Waals surface area contributed by atoms with E-state index in [1.807, 2.05) is 34.9 Å². The van der Waals surface area contributed by atoms with Crippen molar-refractivity contribution in [1.82, 2.24) is 9.72 Å². The van der Waals surface area contributed by atoms with Crippen molar-refractivity contribution >= 4 is 23.1 Å². The Bertz CT molecular complexity index is 1370. The number of nitrogens with zero attached hydrogens (tertiary/aromatic N) is 1. The monoisotopic (exact) mass is 603 g/mol. The van der Waals surface area contributed by atoms with Crippen LogP contribution in [0.15, 0.2) is 48.7 Å². The molecule has 0 unspecified atom stereocenters. The number of aryl methyl sites for hydroxylation is 2. The maximum absolute atomic E-state index is 13.9. The standard InChI is InChI=1S/C37H53N3O4/c1-6-9-12-31-26-32-25-30(33(41)18-23-39-27(4)36(43)44-5)19-24-40(32)34(31)35(42)29-15-13-28(14-16-29)17-22-37(38,20-10-7-2)21-11-8-3/h13-16,19,24-27,39H,6-12,17-18,20-23,38H2,1-5H3/t27-/m0/s1. The molecular weight excluding hydrogens is 550 g/mol. The van der Waals surface area contributed by atoms with Gasteiger partial charge in [0.05, 0.1) is 12.8 Å². The summed E-state index contributed by atoms with van der Waals surface area (Å²) < 4.78 is 6.64. The number of hydrogen-bond donors (Lipinski definition) is 2. The van der Waals surface area contributed by atoms with Crippen LogP contribution >= 0.6 is 0 Å². The topological polar surface area (TPSA) is 103 Å². The Morgan fingerprint density at radius 1 is 0.886 bits per heavy atom. The van der Waals surface area contributed by atoms with Gasteiger partial charge in [-0.15, -0.1) is 0 Å². The van der Waals surface area contributed by atoms with Gasteiger partial charge in [-0.25, -0.2) is 0 Å². The molecule has 0 radical (unpaired) electrons. The molecule has 0 saturated carbocycles. The molecule has 7 nitrogen and oxygen atoms in total. The Balaban J connectivity index is 1.77. The van der Waals surface area contributed by atoms with E-state index >= 15 is 0 Å². The third-order valence-electron chi connectivity index (χ3n) is 8.73. The van der Waals surface area contributed by atoms with E-state index in [1.165, 1.54) is 12.7 Å². The highest BCUT2D eigenvalue weighted by Gasteiger charge is 2.24. The first-order valence-corrected chi connectivity index (χ1v) is 16.6. The molecule has 3 N–H and O–H groups in total. The normalized spacial score (nSPS) is 12.4. The van der Waals surface area contributed by atoms with Gasteiger partial charge in [0.25, 0.3) is 0 Å². The Kier molecular flexibility index (Phi) is 13.8. The van der Waals surface area contributed by atoms with E-state index in [0.717, 1.165) is 81.7 Å². The van der Waals surface area contributed by atoms with Crippen molar-refractivity contribution in [3.63, 3.8) is 0 Å². The van der Waals surface area contributed by atoms with Gasteiger partial charge in [0.1, 0.15) is 6.04 Å². The number of carbonyl (C=O) groups excluding carboxylic acids is 3. The summed E-state index contributed by atoms with van der Waals surface area (Å²) in [7, 11) is 1.34. The second-order valence-electron chi connectivity index (χ2n) is 12.3. The molecule has 2 heterocycles. The van der Waals surface area contributed by atoms with E-state index in [0.29, 0.717) is 23.4 Å². The van der Waals surface area contributed by atoms with Gasteiger partial charge in [0, 0.05) is 41.3 Å². The van der Waals surface area contributed by atoms with Gasteiger partial charge in [-0.05, 0) is 74.8 Å². The zero-order valence-electron chi connectivity index (χ0n) is 27.5. The number of pyridine rings is 1. The molecule has 0 aliphatic carbocycles. The van der Waals surface area contributed by atoms with Crippen molar-refractivity contribution in [3.8, 4) is 0 Å². The predicted octanol–water partition coefficient (Wildman–Crippen LogP) is 7.25. The van der Waals surface area contributed by atoms with Gasteiger partial charge in [-0.3, -0.25) is 14.4 Å². The highest BCUT2D eigenvalue weighted by atomic mass is 16.5. The fraction of sp³-hybridized carbons (Fsp3) is 0.541. The maximum atomic E-state index is 13.9. The first-order valence-electron chi connectivity index (χ1n) is 16.6. The van der Waals surface area contributed by atoms with Gasteiger partial charge in [-0.2, -0.15) is 0 Å². The molecule has 0 aliphatic rings. The molecule has 3 rings (SSSR count). The van der Waals surface area contributed by atoms with Crippen LogP contribution in [0.2, 0.25) is 0 Å². The van der Waals surface area contributed by atoms with Crippen molar-refractivity contribution in [2.24, 2.45) is 5.73 Å². The SMILES string of the molecule is CCCCc1cc2cc(C(=O)CCN[C@@H](C)C(=O)OC)ccn2c1C(=O)c1ccc(CCC(N)(CCCC)CCCC)cc1. The van der Waals surface area contributed by atoms with Crippen molar-refractivity contribution in [1.29, 1.82) is 0 Å². The molecule has 7 heteroatoms. The Hall–Kier alpha value is -3.29. The van der Waals surface area contributed by atoms with Gasteiger partial charge in [0.2, 0.25) is 5.78 Å². The highest BCUT2D eigenvalue weighted by molar-refractivity contribution is 6.10. The fourth-order valence-electron chi connectivity index (χ4n) is 5.81. The molecular formula is C37H53N3O4. The number of Topliss-reactive ketones (excluding diaryl/α,β-unsaturated/α-hetero) is 1. The average Bonchev–Trinajstić information content (AvgIpc) is 3.41. The molecule has 0 aliphatic heterocycles. The number of nitrogens with one attached hydrogen (secondary N) is 1. The summed E-state index contributed by atoms with van der Waals surface area (Å²) in [5, 5.41) is 3.02. The zero-order chi connectivity index (χ0) is 32.1. The molecule has 0 bridgehead atoms.